The summed E-state index contributed by atoms with van der Waals surface area (Å²) in [4.78, 5) is 29.2. The Morgan fingerprint density at radius 2 is 1.61 bits per heavy atom. The number of nitrogens with one attached hydrogen (secondary N) is 1. The van der Waals surface area contributed by atoms with Crippen molar-refractivity contribution in [3.05, 3.63) is 105 Å². The van der Waals surface area contributed by atoms with Crippen LogP contribution in [0.3, 0.4) is 0 Å². The maximum atomic E-state index is 14.0. The molecule has 36 heavy (non-hydrogen) atoms. The van der Waals surface area contributed by atoms with Crippen molar-refractivity contribution >= 4 is 35.0 Å². The Bertz CT molecular complexity index is 1180. The van der Waals surface area contributed by atoms with E-state index in [2.05, 4.69) is 5.32 Å². The second-order valence-electron chi connectivity index (χ2n) is 9.35. The lowest BCUT2D eigenvalue weighted by molar-refractivity contribution is -0.141. The molecule has 0 spiro atoms. The molecular formula is C30H34Cl2N2O2. The lowest BCUT2D eigenvalue weighted by Gasteiger charge is -2.33. The molecule has 0 heterocycles. The molecule has 190 valence electrons. The van der Waals surface area contributed by atoms with Crippen molar-refractivity contribution in [2.45, 2.75) is 65.6 Å². The Morgan fingerprint density at radius 3 is 2.25 bits per heavy atom. The van der Waals surface area contributed by atoms with Crippen LogP contribution in [0.1, 0.15) is 48.1 Å². The quantitative estimate of drug-likeness (QED) is 0.320. The van der Waals surface area contributed by atoms with Gasteiger partial charge in [0, 0.05) is 34.6 Å². The van der Waals surface area contributed by atoms with Crippen molar-refractivity contribution < 1.29 is 9.59 Å². The van der Waals surface area contributed by atoms with Gasteiger partial charge in [-0.3, -0.25) is 9.59 Å². The first-order valence-corrected chi connectivity index (χ1v) is 13.1. The fraction of sp³-hybridized carbons (Fsp3) is 0.333. The van der Waals surface area contributed by atoms with Crippen LogP contribution >= 0.6 is 23.2 Å². The minimum Gasteiger partial charge on any atom is -0.352 e. The van der Waals surface area contributed by atoms with Crippen LogP contribution in [0.25, 0.3) is 0 Å². The zero-order valence-electron chi connectivity index (χ0n) is 21.4. The Labute approximate surface area is 224 Å². The van der Waals surface area contributed by atoms with E-state index in [1.165, 1.54) is 0 Å². The highest BCUT2D eigenvalue weighted by molar-refractivity contribution is 6.36. The monoisotopic (exact) mass is 524 g/mol. The average Bonchev–Trinajstić information content (AvgIpc) is 2.85. The summed E-state index contributed by atoms with van der Waals surface area (Å²) < 4.78 is 0. The zero-order valence-corrected chi connectivity index (χ0v) is 22.9. The molecule has 3 aromatic rings. The topological polar surface area (TPSA) is 49.4 Å². The van der Waals surface area contributed by atoms with E-state index in [1.807, 2.05) is 76.2 Å². The van der Waals surface area contributed by atoms with Crippen LogP contribution in [0.4, 0.5) is 0 Å². The fourth-order valence-electron chi connectivity index (χ4n) is 4.10. The Morgan fingerprint density at radius 1 is 0.944 bits per heavy atom. The second-order valence-corrected chi connectivity index (χ2v) is 10.2. The van der Waals surface area contributed by atoms with Crippen LogP contribution in [-0.4, -0.2) is 28.8 Å². The number of aryl methyl sites for hydroxylation is 2. The molecule has 0 aliphatic carbocycles. The van der Waals surface area contributed by atoms with Gasteiger partial charge in [-0.2, -0.15) is 0 Å². The highest BCUT2D eigenvalue weighted by Gasteiger charge is 2.32. The molecule has 0 radical (unpaired) electrons. The van der Waals surface area contributed by atoms with Gasteiger partial charge >= 0.3 is 0 Å². The largest absolute Gasteiger partial charge is 0.352 e. The molecule has 0 saturated heterocycles. The number of rotatable bonds is 10. The average molecular weight is 526 g/mol. The number of carbonyl (C=O) groups excluding carboxylic acids is 2. The number of amides is 2. The van der Waals surface area contributed by atoms with Gasteiger partial charge in [-0.25, -0.2) is 0 Å². The molecule has 2 amide bonds. The molecule has 0 fully saturated rings. The van der Waals surface area contributed by atoms with Crippen LogP contribution in [0.2, 0.25) is 10.0 Å². The van der Waals surface area contributed by atoms with E-state index in [9.17, 15) is 9.59 Å². The van der Waals surface area contributed by atoms with Crippen LogP contribution in [0.15, 0.2) is 66.7 Å². The van der Waals surface area contributed by atoms with Gasteiger partial charge in [-0.15, -0.1) is 0 Å². The van der Waals surface area contributed by atoms with Crippen LogP contribution in [-0.2, 0) is 29.0 Å². The Hall–Kier alpha value is -2.82. The van der Waals surface area contributed by atoms with Crippen molar-refractivity contribution in [2.75, 3.05) is 0 Å². The van der Waals surface area contributed by atoms with Crippen molar-refractivity contribution in [3.63, 3.8) is 0 Å². The predicted octanol–water partition coefficient (Wildman–Crippen LogP) is 6.71. The normalized spacial score (nSPS) is 12.6. The molecule has 0 unspecified atom stereocenters. The molecule has 0 saturated carbocycles. The summed E-state index contributed by atoms with van der Waals surface area (Å²) in [6, 6.07) is 20.4. The van der Waals surface area contributed by atoms with Crippen molar-refractivity contribution in [3.8, 4) is 0 Å². The van der Waals surface area contributed by atoms with E-state index >= 15 is 0 Å². The molecule has 0 aromatic heterocycles. The summed E-state index contributed by atoms with van der Waals surface area (Å²) in [6.45, 7) is 8.11. The van der Waals surface area contributed by atoms with Crippen molar-refractivity contribution in [2.24, 2.45) is 0 Å². The molecule has 1 N–H and O–H groups in total. The van der Waals surface area contributed by atoms with Gasteiger partial charge in [-0.05, 0) is 56.0 Å². The summed E-state index contributed by atoms with van der Waals surface area (Å²) in [5, 5.41) is 4.02. The minimum atomic E-state index is -0.730. The van der Waals surface area contributed by atoms with Crippen LogP contribution < -0.4 is 5.32 Å². The highest BCUT2D eigenvalue weighted by atomic mass is 35.5. The molecule has 4 nitrogen and oxygen atoms in total. The van der Waals surface area contributed by atoms with Crippen molar-refractivity contribution in [1.82, 2.24) is 10.2 Å². The Kier molecular flexibility index (Phi) is 9.98. The van der Waals surface area contributed by atoms with Gasteiger partial charge in [0.1, 0.15) is 6.04 Å². The third kappa shape index (κ3) is 7.35. The maximum Gasteiger partial charge on any atom is 0.243 e. The number of nitrogens with zero attached hydrogens (tertiary/aromatic N) is 1. The maximum absolute atomic E-state index is 14.0. The first kappa shape index (κ1) is 27.8. The van der Waals surface area contributed by atoms with E-state index in [-0.39, 0.29) is 30.8 Å². The standard InChI is InChI=1S/C30H34Cl2N2O2/c1-5-22(4)33-30(36)28(17-23-10-7-6-8-11-23)34(19-25-26(31)12-9-13-27(25)32)29(35)18-24-16-20(2)14-15-21(24)3/h6-16,22,28H,5,17-19H2,1-4H3,(H,33,36)/t22-,28+/m0/s1. The predicted molar refractivity (Wildman–Crippen MR) is 148 cm³/mol. The van der Waals surface area contributed by atoms with Gasteiger partial charge in [-0.1, -0.05) is 90.3 Å². The number of benzene rings is 3. The summed E-state index contributed by atoms with van der Waals surface area (Å²) in [6.07, 6.45) is 1.35. The smallest absolute Gasteiger partial charge is 0.243 e. The Balaban J connectivity index is 2.05. The van der Waals surface area contributed by atoms with E-state index in [4.69, 9.17) is 23.2 Å². The minimum absolute atomic E-state index is 0.0179. The lowest BCUT2D eigenvalue weighted by atomic mass is 9.99. The molecule has 3 aromatic carbocycles. The number of carbonyl (C=O) groups is 2. The summed E-state index contributed by atoms with van der Waals surface area (Å²) in [7, 11) is 0. The molecule has 6 heteroatoms. The van der Waals surface area contributed by atoms with Crippen LogP contribution in [0.5, 0.6) is 0 Å². The SMILES string of the molecule is CC[C@H](C)NC(=O)[C@@H](Cc1ccccc1)N(Cc1c(Cl)cccc1Cl)C(=O)Cc1cc(C)ccc1C. The first-order chi connectivity index (χ1) is 17.2. The van der Waals surface area contributed by atoms with E-state index in [0.29, 0.717) is 22.0 Å². The molecule has 2 atom stereocenters. The third-order valence-corrected chi connectivity index (χ3v) is 7.22. The van der Waals surface area contributed by atoms with Gasteiger partial charge in [0.15, 0.2) is 0 Å². The third-order valence-electron chi connectivity index (χ3n) is 6.51. The van der Waals surface area contributed by atoms with Gasteiger partial charge in [0.25, 0.3) is 0 Å². The lowest BCUT2D eigenvalue weighted by Crippen LogP contribution is -2.52. The number of hydrogen-bond donors (Lipinski definition) is 1. The number of hydrogen-bond acceptors (Lipinski definition) is 2. The van der Waals surface area contributed by atoms with E-state index < -0.39 is 6.04 Å². The van der Waals surface area contributed by atoms with E-state index in [1.54, 1.807) is 23.1 Å². The van der Waals surface area contributed by atoms with Gasteiger partial charge in [0.2, 0.25) is 11.8 Å². The van der Waals surface area contributed by atoms with E-state index in [0.717, 1.165) is 28.7 Å². The molecular weight excluding hydrogens is 491 g/mol. The van der Waals surface area contributed by atoms with Gasteiger partial charge in [0.05, 0.1) is 6.42 Å². The van der Waals surface area contributed by atoms with Gasteiger partial charge < -0.3 is 10.2 Å². The second kappa shape index (κ2) is 12.9. The fourth-order valence-corrected chi connectivity index (χ4v) is 4.62. The summed E-state index contributed by atoms with van der Waals surface area (Å²) in [5.41, 5.74) is 4.66. The number of halogens is 2. The molecule has 3 rings (SSSR count). The molecule has 0 bridgehead atoms. The zero-order chi connectivity index (χ0) is 26.2. The molecule has 0 aliphatic heterocycles. The summed E-state index contributed by atoms with van der Waals surface area (Å²) in [5.74, 6) is -0.342. The summed E-state index contributed by atoms with van der Waals surface area (Å²) >= 11 is 13.0. The van der Waals surface area contributed by atoms with Crippen LogP contribution in [0, 0.1) is 13.8 Å². The molecule has 0 aliphatic rings. The highest BCUT2D eigenvalue weighted by Crippen LogP contribution is 2.28. The van der Waals surface area contributed by atoms with Crippen molar-refractivity contribution in [1.29, 1.82) is 0 Å². The first-order valence-electron chi connectivity index (χ1n) is 12.3.